The molecule has 0 spiro atoms. The van der Waals surface area contributed by atoms with Gasteiger partial charge in [0.05, 0.1) is 5.92 Å². The molecule has 1 rings (SSSR count). The molecule has 1 amide bonds. The first-order valence-electron chi connectivity index (χ1n) is 5.01. The highest BCUT2D eigenvalue weighted by atomic mass is 16.2. The lowest BCUT2D eigenvalue weighted by Gasteiger charge is -2.35. The van der Waals surface area contributed by atoms with Gasteiger partial charge in [-0.25, -0.2) is 0 Å². The SMILES string of the molecule is CC(C)C(C)N(C)C(=O)C1CNC1. The summed E-state index contributed by atoms with van der Waals surface area (Å²) in [7, 11) is 1.91. The van der Waals surface area contributed by atoms with Crippen LogP contribution >= 0.6 is 0 Å². The van der Waals surface area contributed by atoms with Crippen molar-refractivity contribution in [2.45, 2.75) is 26.8 Å². The minimum Gasteiger partial charge on any atom is -0.342 e. The number of carbonyl (C=O) groups excluding carboxylic acids is 1. The first-order chi connectivity index (χ1) is 6.04. The van der Waals surface area contributed by atoms with Gasteiger partial charge in [-0.05, 0) is 12.8 Å². The molecule has 1 heterocycles. The van der Waals surface area contributed by atoms with Crippen LogP contribution in [0.3, 0.4) is 0 Å². The monoisotopic (exact) mass is 184 g/mol. The minimum atomic E-state index is 0.228. The number of rotatable bonds is 3. The van der Waals surface area contributed by atoms with Gasteiger partial charge in [-0.2, -0.15) is 0 Å². The average molecular weight is 184 g/mol. The predicted octanol–water partition coefficient (Wildman–Crippen LogP) is 0.709. The van der Waals surface area contributed by atoms with Crippen LogP contribution in [0.25, 0.3) is 0 Å². The lowest BCUT2D eigenvalue weighted by atomic mass is 9.98. The maximum absolute atomic E-state index is 11.8. The second-order valence-electron chi connectivity index (χ2n) is 4.29. The van der Waals surface area contributed by atoms with E-state index in [0.29, 0.717) is 17.9 Å². The maximum atomic E-state index is 11.8. The van der Waals surface area contributed by atoms with E-state index in [-0.39, 0.29) is 5.92 Å². The Bertz CT molecular complexity index is 187. The highest BCUT2D eigenvalue weighted by molar-refractivity contribution is 5.80. The number of amides is 1. The predicted molar refractivity (Wildman–Crippen MR) is 53.4 cm³/mol. The summed E-state index contributed by atoms with van der Waals surface area (Å²) in [6, 6.07) is 0.341. The Hall–Kier alpha value is -0.570. The number of nitrogens with one attached hydrogen (secondary N) is 1. The van der Waals surface area contributed by atoms with Gasteiger partial charge < -0.3 is 10.2 Å². The molecule has 1 atom stereocenters. The Morgan fingerprint density at radius 2 is 1.92 bits per heavy atom. The van der Waals surface area contributed by atoms with Crippen LogP contribution in [0.15, 0.2) is 0 Å². The van der Waals surface area contributed by atoms with Crippen LogP contribution < -0.4 is 5.32 Å². The van der Waals surface area contributed by atoms with Crippen LogP contribution in [0.2, 0.25) is 0 Å². The Kier molecular flexibility index (Phi) is 3.31. The maximum Gasteiger partial charge on any atom is 0.228 e. The summed E-state index contributed by atoms with van der Waals surface area (Å²) >= 11 is 0. The third-order valence-electron chi connectivity index (χ3n) is 3.05. The summed E-state index contributed by atoms with van der Waals surface area (Å²) in [6.07, 6.45) is 0. The molecule has 3 nitrogen and oxygen atoms in total. The van der Waals surface area contributed by atoms with Gasteiger partial charge in [-0.15, -0.1) is 0 Å². The average Bonchev–Trinajstić information content (AvgIpc) is 1.98. The van der Waals surface area contributed by atoms with E-state index in [2.05, 4.69) is 26.1 Å². The molecule has 1 fully saturated rings. The lowest BCUT2D eigenvalue weighted by molar-refractivity contribution is -0.138. The van der Waals surface area contributed by atoms with Crippen molar-refractivity contribution in [1.29, 1.82) is 0 Å². The van der Waals surface area contributed by atoms with E-state index in [1.807, 2.05) is 11.9 Å². The first-order valence-corrected chi connectivity index (χ1v) is 5.01. The zero-order valence-electron chi connectivity index (χ0n) is 9.00. The molecule has 0 aromatic heterocycles. The van der Waals surface area contributed by atoms with Crippen LogP contribution in [-0.2, 0) is 4.79 Å². The Balaban J connectivity index is 2.45. The van der Waals surface area contributed by atoms with Crippen LogP contribution in [0.5, 0.6) is 0 Å². The van der Waals surface area contributed by atoms with Crippen molar-refractivity contribution in [1.82, 2.24) is 10.2 Å². The van der Waals surface area contributed by atoms with Gasteiger partial charge in [0.2, 0.25) is 5.91 Å². The summed E-state index contributed by atoms with van der Waals surface area (Å²) in [5, 5.41) is 3.12. The van der Waals surface area contributed by atoms with Gasteiger partial charge in [0.25, 0.3) is 0 Å². The van der Waals surface area contributed by atoms with E-state index in [1.165, 1.54) is 0 Å². The van der Waals surface area contributed by atoms with Gasteiger partial charge >= 0.3 is 0 Å². The molecule has 76 valence electrons. The summed E-state index contributed by atoms with van der Waals surface area (Å²) in [4.78, 5) is 13.6. The van der Waals surface area contributed by atoms with Crippen molar-refractivity contribution in [3.8, 4) is 0 Å². The number of carbonyl (C=O) groups is 1. The highest BCUT2D eigenvalue weighted by Crippen LogP contribution is 2.13. The molecule has 13 heavy (non-hydrogen) atoms. The zero-order valence-corrected chi connectivity index (χ0v) is 9.00. The molecule has 0 aliphatic carbocycles. The van der Waals surface area contributed by atoms with Gasteiger partial charge in [-0.1, -0.05) is 13.8 Å². The molecule has 0 aromatic carbocycles. The molecule has 0 radical (unpaired) electrons. The van der Waals surface area contributed by atoms with Gasteiger partial charge in [-0.3, -0.25) is 4.79 Å². The van der Waals surface area contributed by atoms with Crippen LogP contribution in [0.4, 0.5) is 0 Å². The van der Waals surface area contributed by atoms with E-state index in [1.54, 1.807) is 0 Å². The fraction of sp³-hybridized carbons (Fsp3) is 0.900. The summed E-state index contributed by atoms with van der Waals surface area (Å²) < 4.78 is 0. The molecule has 0 bridgehead atoms. The molecule has 1 N–H and O–H groups in total. The standard InChI is InChI=1S/C10H20N2O/c1-7(2)8(3)12(4)10(13)9-5-11-6-9/h7-9,11H,5-6H2,1-4H3. The van der Waals surface area contributed by atoms with Crippen LogP contribution in [-0.4, -0.2) is 37.0 Å². The molecular weight excluding hydrogens is 164 g/mol. The quantitative estimate of drug-likeness (QED) is 0.700. The number of hydrogen-bond acceptors (Lipinski definition) is 2. The van der Waals surface area contributed by atoms with Crippen molar-refractivity contribution in [2.75, 3.05) is 20.1 Å². The third kappa shape index (κ3) is 2.21. The molecular formula is C10H20N2O. The minimum absolute atomic E-state index is 0.228. The van der Waals surface area contributed by atoms with E-state index >= 15 is 0 Å². The van der Waals surface area contributed by atoms with Gasteiger partial charge in [0.1, 0.15) is 0 Å². The van der Waals surface area contributed by atoms with Crippen molar-refractivity contribution in [3.05, 3.63) is 0 Å². The normalized spacial score (nSPS) is 19.8. The van der Waals surface area contributed by atoms with Crippen molar-refractivity contribution < 1.29 is 4.79 Å². The molecule has 1 saturated heterocycles. The molecule has 0 saturated carbocycles. The summed E-state index contributed by atoms with van der Waals surface area (Å²) in [6.45, 7) is 8.11. The second kappa shape index (κ2) is 4.09. The van der Waals surface area contributed by atoms with Gasteiger partial charge in [0.15, 0.2) is 0 Å². The zero-order chi connectivity index (χ0) is 10.0. The van der Waals surface area contributed by atoms with Crippen LogP contribution in [0, 0.1) is 11.8 Å². The van der Waals surface area contributed by atoms with E-state index in [9.17, 15) is 4.79 Å². The van der Waals surface area contributed by atoms with Crippen molar-refractivity contribution in [2.24, 2.45) is 11.8 Å². The van der Waals surface area contributed by atoms with Crippen LogP contribution in [0.1, 0.15) is 20.8 Å². The fourth-order valence-corrected chi connectivity index (χ4v) is 1.40. The number of nitrogens with zero attached hydrogens (tertiary/aromatic N) is 1. The Morgan fingerprint density at radius 3 is 2.23 bits per heavy atom. The first kappa shape index (κ1) is 10.5. The Labute approximate surface area is 80.5 Å². The van der Waals surface area contributed by atoms with Gasteiger partial charge in [0, 0.05) is 26.2 Å². The van der Waals surface area contributed by atoms with E-state index in [4.69, 9.17) is 0 Å². The third-order valence-corrected chi connectivity index (χ3v) is 3.05. The van der Waals surface area contributed by atoms with Crippen molar-refractivity contribution in [3.63, 3.8) is 0 Å². The van der Waals surface area contributed by atoms with E-state index < -0.39 is 0 Å². The molecule has 0 aromatic rings. The molecule has 3 heteroatoms. The summed E-state index contributed by atoms with van der Waals surface area (Å²) in [5.41, 5.74) is 0. The number of hydrogen-bond donors (Lipinski definition) is 1. The Morgan fingerprint density at radius 1 is 1.38 bits per heavy atom. The smallest absolute Gasteiger partial charge is 0.228 e. The molecule has 1 unspecified atom stereocenters. The topological polar surface area (TPSA) is 32.3 Å². The molecule has 1 aliphatic heterocycles. The van der Waals surface area contributed by atoms with E-state index in [0.717, 1.165) is 13.1 Å². The highest BCUT2D eigenvalue weighted by Gasteiger charge is 2.30. The lowest BCUT2D eigenvalue weighted by Crippen LogP contribution is -2.53. The summed E-state index contributed by atoms with van der Waals surface area (Å²) in [5.74, 6) is 1.05. The fourth-order valence-electron chi connectivity index (χ4n) is 1.40. The second-order valence-corrected chi connectivity index (χ2v) is 4.29. The van der Waals surface area contributed by atoms with Crippen molar-refractivity contribution >= 4 is 5.91 Å². The largest absolute Gasteiger partial charge is 0.342 e. The molecule has 1 aliphatic rings.